The van der Waals surface area contributed by atoms with Gasteiger partial charge in [0, 0.05) is 33.2 Å². The molecule has 2 nitrogen and oxygen atoms in total. The van der Waals surface area contributed by atoms with Gasteiger partial charge in [-0.15, -0.1) is 0 Å². The number of hydrogen-bond donors (Lipinski definition) is 0. The summed E-state index contributed by atoms with van der Waals surface area (Å²) >= 11 is 0. The third kappa shape index (κ3) is 5.62. The fraction of sp³-hybridized carbons (Fsp3) is 0. The third-order valence-corrected chi connectivity index (χ3v) is 10.5. The van der Waals surface area contributed by atoms with E-state index in [1.165, 1.54) is 33.4 Å². The van der Waals surface area contributed by atoms with Gasteiger partial charge < -0.3 is 9.32 Å². The van der Waals surface area contributed by atoms with Crippen molar-refractivity contribution >= 4 is 49.8 Å². The van der Waals surface area contributed by atoms with Crippen molar-refractivity contribution in [3.05, 3.63) is 212 Å². The molecule has 0 aliphatic rings. The summed E-state index contributed by atoms with van der Waals surface area (Å²) < 4.78 is 6.53. The SMILES string of the molecule is c1ccc(-c2ccc(N(c3ccc(-c4cc5ccccc5c5oc6ccccc6c45)cc3)c3ccc(-c4ccccc4)c(-c4ccccc4)c3)cc2)cc1. The minimum absolute atomic E-state index is 0.903. The van der Waals surface area contributed by atoms with Crippen molar-refractivity contribution in [1.29, 1.82) is 0 Å². The second-order valence-corrected chi connectivity index (χ2v) is 13.7. The smallest absolute Gasteiger partial charge is 0.143 e. The van der Waals surface area contributed by atoms with Crippen LogP contribution in [0.1, 0.15) is 0 Å². The molecule has 0 spiro atoms. The van der Waals surface area contributed by atoms with E-state index in [4.69, 9.17) is 4.42 Å². The van der Waals surface area contributed by atoms with Gasteiger partial charge >= 0.3 is 0 Å². The van der Waals surface area contributed by atoms with Gasteiger partial charge in [0.1, 0.15) is 11.2 Å². The zero-order valence-corrected chi connectivity index (χ0v) is 29.6. The summed E-state index contributed by atoms with van der Waals surface area (Å²) in [5, 5.41) is 4.57. The number of hydrogen-bond acceptors (Lipinski definition) is 2. The predicted octanol–water partition coefficient (Wildman–Crippen LogP) is 14.9. The van der Waals surface area contributed by atoms with Crippen LogP contribution in [0.2, 0.25) is 0 Å². The zero-order chi connectivity index (χ0) is 35.8. The van der Waals surface area contributed by atoms with E-state index in [-0.39, 0.29) is 0 Å². The van der Waals surface area contributed by atoms with E-state index in [9.17, 15) is 0 Å². The molecule has 0 aliphatic carbocycles. The first-order valence-corrected chi connectivity index (χ1v) is 18.4. The molecule has 0 bridgehead atoms. The van der Waals surface area contributed by atoms with Crippen LogP contribution in [0.25, 0.3) is 77.2 Å². The van der Waals surface area contributed by atoms with Crippen molar-refractivity contribution in [3.8, 4) is 44.5 Å². The van der Waals surface area contributed by atoms with Crippen molar-refractivity contribution in [3.63, 3.8) is 0 Å². The van der Waals surface area contributed by atoms with Crippen LogP contribution >= 0.6 is 0 Å². The number of furan rings is 1. The van der Waals surface area contributed by atoms with Crippen LogP contribution in [0.5, 0.6) is 0 Å². The highest BCUT2D eigenvalue weighted by molar-refractivity contribution is 6.21. The average Bonchev–Trinajstić information content (AvgIpc) is 3.65. The summed E-state index contributed by atoms with van der Waals surface area (Å²) in [4.78, 5) is 2.36. The number of anilines is 3. The minimum Gasteiger partial charge on any atom is -0.455 e. The van der Waals surface area contributed by atoms with Crippen molar-refractivity contribution in [2.45, 2.75) is 0 Å². The molecule has 1 heterocycles. The van der Waals surface area contributed by atoms with Gasteiger partial charge in [-0.1, -0.05) is 164 Å². The second kappa shape index (κ2) is 13.4. The number of benzene rings is 9. The molecule has 0 fully saturated rings. The first-order valence-electron chi connectivity index (χ1n) is 18.4. The summed E-state index contributed by atoms with van der Waals surface area (Å²) in [5.41, 5.74) is 14.5. The molecule has 0 N–H and O–H groups in total. The van der Waals surface area contributed by atoms with Crippen LogP contribution in [0, 0.1) is 0 Å². The molecule has 0 amide bonds. The largest absolute Gasteiger partial charge is 0.455 e. The molecule has 0 radical (unpaired) electrons. The minimum atomic E-state index is 0.903. The monoisotopic (exact) mass is 689 g/mol. The molecule has 0 aliphatic heterocycles. The Kier molecular flexibility index (Phi) is 7.85. The van der Waals surface area contributed by atoms with Gasteiger partial charge in [0.15, 0.2) is 0 Å². The molecule has 54 heavy (non-hydrogen) atoms. The van der Waals surface area contributed by atoms with E-state index in [1.807, 2.05) is 6.07 Å². The molecule has 254 valence electrons. The third-order valence-electron chi connectivity index (χ3n) is 10.5. The molecule has 2 heteroatoms. The van der Waals surface area contributed by atoms with Gasteiger partial charge in [-0.3, -0.25) is 0 Å². The fourth-order valence-corrected chi connectivity index (χ4v) is 7.86. The Hall–Kier alpha value is -7.16. The molecular formula is C52H35NO. The van der Waals surface area contributed by atoms with Crippen molar-refractivity contribution < 1.29 is 4.42 Å². The lowest BCUT2D eigenvalue weighted by Gasteiger charge is -2.27. The zero-order valence-electron chi connectivity index (χ0n) is 29.6. The maximum Gasteiger partial charge on any atom is 0.143 e. The summed E-state index contributed by atoms with van der Waals surface area (Å²) in [5.74, 6) is 0. The van der Waals surface area contributed by atoms with E-state index in [1.54, 1.807) is 0 Å². The molecule has 1 aromatic heterocycles. The van der Waals surface area contributed by atoms with Gasteiger partial charge in [0.05, 0.1) is 0 Å². The Morgan fingerprint density at radius 2 is 0.796 bits per heavy atom. The Morgan fingerprint density at radius 1 is 0.315 bits per heavy atom. The van der Waals surface area contributed by atoms with Crippen LogP contribution in [-0.4, -0.2) is 0 Å². The Morgan fingerprint density at radius 3 is 1.46 bits per heavy atom. The quantitative estimate of drug-likeness (QED) is 0.166. The number of fused-ring (bicyclic) bond motifs is 5. The number of rotatable bonds is 7. The van der Waals surface area contributed by atoms with Crippen LogP contribution in [0.15, 0.2) is 217 Å². The highest BCUT2D eigenvalue weighted by atomic mass is 16.3. The van der Waals surface area contributed by atoms with Gasteiger partial charge in [-0.05, 0) is 98.4 Å². The van der Waals surface area contributed by atoms with E-state index in [0.29, 0.717) is 0 Å². The number of para-hydroxylation sites is 1. The highest BCUT2D eigenvalue weighted by Crippen LogP contribution is 2.44. The summed E-state index contributed by atoms with van der Waals surface area (Å²) in [6.45, 7) is 0. The first kappa shape index (κ1) is 31.6. The second-order valence-electron chi connectivity index (χ2n) is 13.7. The van der Waals surface area contributed by atoms with Gasteiger partial charge in [-0.2, -0.15) is 0 Å². The topological polar surface area (TPSA) is 16.4 Å². The van der Waals surface area contributed by atoms with E-state index >= 15 is 0 Å². The maximum absolute atomic E-state index is 6.53. The first-order chi connectivity index (χ1) is 26.8. The van der Waals surface area contributed by atoms with Crippen LogP contribution < -0.4 is 4.90 Å². The molecule has 0 saturated carbocycles. The summed E-state index contributed by atoms with van der Waals surface area (Å²) in [6.07, 6.45) is 0. The molecule has 0 atom stereocenters. The summed E-state index contributed by atoms with van der Waals surface area (Å²) in [6, 6.07) is 75.8. The van der Waals surface area contributed by atoms with Crippen LogP contribution in [0.4, 0.5) is 17.1 Å². The normalized spacial score (nSPS) is 11.3. The maximum atomic E-state index is 6.53. The van der Waals surface area contributed by atoms with E-state index in [2.05, 4.69) is 211 Å². The Bertz CT molecular complexity index is 2890. The Balaban J connectivity index is 1.14. The van der Waals surface area contributed by atoms with Crippen molar-refractivity contribution in [1.82, 2.24) is 0 Å². The molecule has 10 rings (SSSR count). The lowest BCUT2D eigenvalue weighted by Crippen LogP contribution is -2.10. The average molecular weight is 690 g/mol. The standard InChI is InChI=1S/C52H35NO/c1-4-14-36(15-5-1)37-24-28-42(29-25-37)53(44-32-33-45(38-16-6-2-7-17-38)48(35-44)39-18-8-3-9-19-39)43-30-26-40(27-31-43)49-34-41-20-10-11-21-46(41)52-51(49)47-22-12-13-23-50(47)54-52/h1-35H. The van der Waals surface area contributed by atoms with E-state index < -0.39 is 0 Å². The summed E-state index contributed by atoms with van der Waals surface area (Å²) in [7, 11) is 0. The highest BCUT2D eigenvalue weighted by Gasteiger charge is 2.19. The molecule has 9 aromatic carbocycles. The van der Waals surface area contributed by atoms with Gasteiger partial charge in [-0.25, -0.2) is 0 Å². The lowest BCUT2D eigenvalue weighted by atomic mass is 9.93. The lowest BCUT2D eigenvalue weighted by molar-refractivity contribution is 0.673. The van der Waals surface area contributed by atoms with Gasteiger partial charge in [0.2, 0.25) is 0 Å². The number of nitrogens with zero attached hydrogens (tertiary/aromatic N) is 1. The molecule has 0 unspecified atom stereocenters. The molecule has 10 aromatic rings. The van der Waals surface area contributed by atoms with E-state index in [0.717, 1.165) is 60.9 Å². The van der Waals surface area contributed by atoms with Crippen molar-refractivity contribution in [2.24, 2.45) is 0 Å². The van der Waals surface area contributed by atoms with Crippen LogP contribution in [0.3, 0.4) is 0 Å². The predicted molar refractivity (Wildman–Crippen MR) is 228 cm³/mol. The molecular weight excluding hydrogens is 655 g/mol. The van der Waals surface area contributed by atoms with Crippen LogP contribution in [-0.2, 0) is 0 Å². The fourth-order valence-electron chi connectivity index (χ4n) is 7.86. The Labute approximate surface area is 314 Å². The van der Waals surface area contributed by atoms with Crippen molar-refractivity contribution in [2.75, 3.05) is 4.90 Å². The van der Waals surface area contributed by atoms with Gasteiger partial charge in [0.25, 0.3) is 0 Å². The molecule has 0 saturated heterocycles.